The Balaban J connectivity index is 2.49. The summed E-state index contributed by atoms with van der Waals surface area (Å²) in [5, 5.41) is 19.0. The molecular weight excluding hydrogens is 188 g/mol. The highest BCUT2D eigenvalue weighted by atomic mass is 16.3. The highest BCUT2D eigenvalue weighted by Crippen LogP contribution is 2.19. The van der Waals surface area contributed by atoms with Gasteiger partial charge in [-0.25, -0.2) is 0 Å². The first-order chi connectivity index (χ1) is 7.03. The number of aryl methyl sites for hydroxylation is 1. The second-order valence-corrected chi connectivity index (χ2v) is 4.16. The molecule has 0 aliphatic rings. The maximum atomic E-state index is 9.91. The number of phenolic OH excluding ortho intramolecular Hbond substituents is 1. The maximum absolute atomic E-state index is 9.91. The Kier molecular flexibility index (Phi) is 3.92. The van der Waals surface area contributed by atoms with Crippen molar-refractivity contribution in [1.29, 1.82) is 0 Å². The molecule has 2 N–H and O–H groups in total. The van der Waals surface area contributed by atoms with Crippen LogP contribution < -0.4 is 0 Å². The van der Waals surface area contributed by atoms with Crippen molar-refractivity contribution in [2.24, 2.45) is 0 Å². The van der Waals surface area contributed by atoms with Gasteiger partial charge in [0.05, 0.1) is 5.60 Å². The van der Waals surface area contributed by atoms with Crippen molar-refractivity contribution in [2.75, 3.05) is 0 Å². The van der Waals surface area contributed by atoms with Crippen LogP contribution in [0.4, 0.5) is 0 Å². The van der Waals surface area contributed by atoms with Crippen LogP contribution in [0, 0.1) is 0 Å². The van der Waals surface area contributed by atoms with E-state index in [9.17, 15) is 5.11 Å². The highest BCUT2D eigenvalue weighted by molar-refractivity contribution is 5.26. The lowest BCUT2D eigenvalue weighted by molar-refractivity contribution is 0.0544. The van der Waals surface area contributed by atoms with Gasteiger partial charge in [0.1, 0.15) is 5.75 Å². The zero-order valence-electron chi connectivity index (χ0n) is 9.11. The average molecular weight is 206 g/mol. The second kappa shape index (κ2) is 4.99. The van der Waals surface area contributed by atoms with Crippen LogP contribution in [0.2, 0.25) is 0 Å². The van der Waals surface area contributed by atoms with E-state index in [1.807, 2.05) is 19.1 Å². The van der Waals surface area contributed by atoms with E-state index in [1.165, 1.54) is 0 Å². The van der Waals surface area contributed by atoms with Crippen molar-refractivity contribution in [3.8, 4) is 5.75 Å². The van der Waals surface area contributed by atoms with Crippen LogP contribution in [-0.2, 0) is 6.42 Å². The molecule has 1 rings (SSSR count). The molecule has 0 amide bonds. The Morgan fingerprint density at radius 2 is 1.93 bits per heavy atom. The van der Waals surface area contributed by atoms with Gasteiger partial charge in [0.15, 0.2) is 0 Å². The monoisotopic (exact) mass is 206 g/mol. The Morgan fingerprint density at radius 1 is 1.33 bits per heavy atom. The second-order valence-electron chi connectivity index (χ2n) is 4.16. The van der Waals surface area contributed by atoms with Gasteiger partial charge in [-0.15, -0.1) is 6.58 Å². The molecule has 1 aromatic rings. The van der Waals surface area contributed by atoms with Gasteiger partial charge in [-0.3, -0.25) is 0 Å². The largest absolute Gasteiger partial charge is 0.508 e. The van der Waals surface area contributed by atoms with E-state index < -0.39 is 5.60 Å². The molecule has 0 fully saturated rings. The van der Waals surface area contributed by atoms with Crippen LogP contribution in [0.25, 0.3) is 0 Å². The molecule has 2 nitrogen and oxygen atoms in total. The normalized spacial score (nSPS) is 14.5. The number of rotatable bonds is 5. The molecule has 15 heavy (non-hydrogen) atoms. The first-order valence-electron chi connectivity index (χ1n) is 5.15. The standard InChI is InChI=1S/C13H18O2/c1-3-9-13(2,15)10-8-11-4-6-12(14)7-5-11/h3-7,14-15H,1,8-10H2,2H3. The van der Waals surface area contributed by atoms with Crippen LogP contribution in [0.1, 0.15) is 25.3 Å². The van der Waals surface area contributed by atoms with Crippen LogP contribution in [0.3, 0.4) is 0 Å². The van der Waals surface area contributed by atoms with Crippen molar-refractivity contribution >= 4 is 0 Å². The van der Waals surface area contributed by atoms with Crippen molar-refractivity contribution in [1.82, 2.24) is 0 Å². The Bertz CT molecular complexity index is 312. The van der Waals surface area contributed by atoms with E-state index in [0.29, 0.717) is 12.8 Å². The van der Waals surface area contributed by atoms with Crippen molar-refractivity contribution < 1.29 is 10.2 Å². The van der Waals surface area contributed by atoms with Gasteiger partial charge < -0.3 is 10.2 Å². The number of hydrogen-bond acceptors (Lipinski definition) is 2. The number of phenols is 1. The Labute approximate surface area is 90.9 Å². The minimum atomic E-state index is -0.681. The maximum Gasteiger partial charge on any atom is 0.115 e. The van der Waals surface area contributed by atoms with E-state index in [2.05, 4.69) is 6.58 Å². The molecule has 0 saturated heterocycles. The molecule has 1 unspecified atom stereocenters. The topological polar surface area (TPSA) is 40.5 Å². The first-order valence-corrected chi connectivity index (χ1v) is 5.15. The molecule has 0 aliphatic heterocycles. The van der Waals surface area contributed by atoms with Crippen LogP contribution >= 0.6 is 0 Å². The quantitative estimate of drug-likeness (QED) is 0.727. The van der Waals surface area contributed by atoms with E-state index >= 15 is 0 Å². The summed E-state index contributed by atoms with van der Waals surface area (Å²) in [5.74, 6) is 0.275. The fourth-order valence-electron chi connectivity index (χ4n) is 1.49. The molecule has 2 heteroatoms. The zero-order valence-corrected chi connectivity index (χ0v) is 9.11. The Morgan fingerprint density at radius 3 is 2.47 bits per heavy atom. The molecule has 0 radical (unpaired) electrons. The number of aliphatic hydroxyl groups is 1. The lowest BCUT2D eigenvalue weighted by Crippen LogP contribution is -2.23. The van der Waals surface area contributed by atoms with Gasteiger partial charge >= 0.3 is 0 Å². The van der Waals surface area contributed by atoms with Gasteiger partial charge in [-0.05, 0) is 43.9 Å². The molecule has 0 heterocycles. The fraction of sp³-hybridized carbons (Fsp3) is 0.385. The average Bonchev–Trinajstić information content (AvgIpc) is 2.17. The van der Waals surface area contributed by atoms with Gasteiger partial charge in [0, 0.05) is 0 Å². The lowest BCUT2D eigenvalue weighted by Gasteiger charge is -2.21. The van der Waals surface area contributed by atoms with Gasteiger partial charge in [-0.1, -0.05) is 18.2 Å². The number of aromatic hydroxyl groups is 1. The smallest absolute Gasteiger partial charge is 0.115 e. The first kappa shape index (κ1) is 11.8. The molecule has 0 aromatic heterocycles. The Hall–Kier alpha value is -1.28. The molecule has 0 spiro atoms. The molecule has 82 valence electrons. The molecular formula is C13H18O2. The minimum absolute atomic E-state index is 0.275. The van der Waals surface area contributed by atoms with Crippen LogP contribution in [0.15, 0.2) is 36.9 Å². The van der Waals surface area contributed by atoms with Gasteiger partial charge in [0.2, 0.25) is 0 Å². The van der Waals surface area contributed by atoms with E-state index in [4.69, 9.17) is 5.11 Å². The highest BCUT2D eigenvalue weighted by Gasteiger charge is 2.17. The van der Waals surface area contributed by atoms with Crippen LogP contribution in [0.5, 0.6) is 5.75 Å². The van der Waals surface area contributed by atoms with Crippen molar-refractivity contribution in [2.45, 2.75) is 31.8 Å². The van der Waals surface area contributed by atoms with Gasteiger partial charge in [0.25, 0.3) is 0 Å². The van der Waals surface area contributed by atoms with Gasteiger partial charge in [-0.2, -0.15) is 0 Å². The molecule has 1 aromatic carbocycles. The molecule has 0 saturated carbocycles. The summed E-state index contributed by atoms with van der Waals surface area (Å²) in [6.07, 6.45) is 3.84. The predicted octanol–water partition coefficient (Wildman–Crippen LogP) is 2.65. The molecule has 1 atom stereocenters. The van der Waals surface area contributed by atoms with Crippen LogP contribution in [-0.4, -0.2) is 15.8 Å². The predicted molar refractivity (Wildman–Crippen MR) is 61.9 cm³/mol. The summed E-state index contributed by atoms with van der Waals surface area (Å²) in [6.45, 7) is 5.43. The summed E-state index contributed by atoms with van der Waals surface area (Å²) in [6, 6.07) is 7.08. The number of hydrogen-bond donors (Lipinski definition) is 2. The van der Waals surface area contributed by atoms with Crippen molar-refractivity contribution in [3.63, 3.8) is 0 Å². The molecule has 0 aliphatic carbocycles. The minimum Gasteiger partial charge on any atom is -0.508 e. The summed E-state index contributed by atoms with van der Waals surface area (Å²) in [7, 11) is 0. The number of benzene rings is 1. The SMILES string of the molecule is C=CCC(C)(O)CCc1ccc(O)cc1. The summed E-state index contributed by atoms with van der Waals surface area (Å²) >= 11 is 0. The third-order valence-corrected chi connectivity index (χ3v) is 2.47. The van der Waals surface area contributed by atoms with E-state index in [0.717, 1.165) is 12.0 Å². The third kappa shape index (κ3) is 4.17. The van der Waals surface area contributed by atoms with Crippen molar-refractivity contribution in [3.05, 3.63) is 42.5 Å². The summed E-state index contributed by atoms with van der Waals surface area (Å²) < 4.78 is 0. The zero-order chi connectivity index (χ0) is 11.3. The summed E-state index contributed by atoms with van der Waals surface area (Å²) in [4.78, 5) is 0. The summed E-state index contributed by atoms with van der Waals surface area (Å²) in [5.41, 5.74) is 0.441. The van der Waals surface area contributed by atoms with E-state index in [-0.39, 0.29) is 5.75 Å². The third-order valence-electron chi connectivity index (χ3n) is 2.47. The fourth-order valence-corrected chi connectivity index (χ4v) is 1.49. The van der Waals surface area contributed by atoms with E-state index in [1.54, 1.807) is 18.2 Å². The lowest BCUT2D eigenvalue weighted by atomic mass is 9.94. The molecule has 0 bridgehead atoms.